The maximum Gasteiger partial charge on any atom is 0.182 e. The van der Waals surface area contributed by atoms with E-state index in [9.17, 15) is 0 Å². The van der Waals surface area contributed by atoms with E-state index in [1.54, 1.807) is 0 Å². The van der Waals surface area contributed by atoms with Crippen molar-refractivity contribution in [1.82, 2.24) is 29.9 Å². The molecule has 9 aromatic rings. The highest BCUT2D eigenvalue weighted by atomic mass is 15.0. The summed E-state index contributed by atoms with van der Waals surface area (Å²) in [5.41, 5.74) is 8.66. The third kappa shape index (κ3) is 4.93. The first kappa shape index (κ1) is 27.6. The smallest absolute Gasteiger partial charge is 0.182 e. The van der Waals surface area contributed by atoms with Crippen molar-refractivity contribution in [1.29, 1.82) is 0 Å². The Balaban J connectivity index is 1.11. The highest BCUT2D eigenvalue weighted by molar-refractivity contribution is 6.07. The minimum Gasteiger partial charge on any atom is -0.254 e. The van der Waals surface area contributed by atoms with E-state index in [0.29, 0.717) is 23.2 Å². The Labute approximate surface area is 276 Å². The fourth-order valence-electron chi connectivity index (χ4n) is 6.29. The van der Waals surface area contributed by atoms with Gasteiger partial charge < -0.3 is 0 Å². The molecule has 4 aromatic heterocycles. The summed E-state index contributed by atoms with van der Waals surface area (Å²) in [4.78, 5) is 28.8. The second-order valence-corrected chi connectivity index (χ2v) is 11.6. The average molecular weight is 615 g/mol. The van der Waals surface area contributed by atoms with Crippen LogP contribution >= 0.6 is 0 Å². The average Bonchev–Trinajstić information content (AvgIpc) is 3.18. The zero-order chi connectivity index (χ0) is 31.9. The van der Waals surface area contributed by atoms with Gasteiger partial charge in [0, 0.05) is 51.6 Å². The molecule has 0 unspecified atom stereocenters. The second-order valence-electron chi connectivity index (χ2n) is 11.6. The molecule has 4 heterocycles. The maximum absolute atomic E-state index is 4.87. The van der Waals surface area contributed by atoms with Crippen molar-refractivity contribution in [3.05, 3.63) is 158 Å². The predicted octanol–water partition coefficient (Wildman–Crippen LogP) is 9.85. The van der Waals surface area contributed by atoms with Gasteiger partial charge in [-0.05, 0) is 40.1 Å². The van der Waals surface area contributed by atoms with Crippen LogP contribution in [0.2, 0.25) is 0 Å². The Morgan fingerprint density at radius 3 is 1.60 bits per heavy atom. The summed E-state index contributed by atoms with van der Waals surface area (Å²) < 4.78 is 0. The van der Waals surface area contributed by atoms with Crippen LogP contribution in [-0.2, 0) is 0 Å². The summed E-state index contributed by atoms with van der Waals surface area (Å²) in [6, 6.07) is 47.3. The maximum atomic E-state index is 4.87. The van der Waals surface area contributed by atoms with Crippen LogP contribution in [0.3, 0.4) is 0 Å². The van der Waals surface area contributed by atoms with Crippen molar-refractivity contribution in [2.45, 2.75) is 0 Å². The molecule has 0 saturated heterocycles. The van der Waals surface area contributed by atoms with Crippen LogP contribution in [-0.4, -0.2) is 29.9 Å². The molecule has 6 heteroatoms. The van der Waals surface area contributed by atoms with E-state index < -0.39 is 0 Å². The molecule has 0 N–H and O–H groups in total. The fraction of sp³-hybridized carbons (Fsp3) is 0. The van der Waals surface area contributed by atoms with E-state index >= 15 is 0 Å². The lowest BCUT2D eigenvalue weighted by Gasteiger charge is -2.13. The number of nitrogens with zero attached hydrogens (tertiary/aromatic N) is 6. The minimum atomic E-state index is 0.529. The molecule has 0 radical (unpaired) electrons. The Morgan fingerprint density at radius 1 is 0.354 bits per heavy atom. The molecule has 9 rings (SSSR count). The Kier molecular flexibility index (Phi) is 6.68. The summed E-state index contributed by atoms with van der Waals surface area (Å²) >= 11 is 0. The van der Waals surface area contributed by atoms with Gasteiger partial charge in [-0.2, -0.15) is 0 Å². The molecule has 48 heavy (non-hydrogen) atoms. The first-order chi connectivity index (χ1) is 23.8. The molecule has 0 saturated carbocycles. The molecular formula is C42H26N6. The standard InChI is InChI=1S/C42H26N6/c1-3-10-28(11-4-1)40-46-41(29-12-5-2-6-13-29)48-42(47-40)37-22-19-31(25-44-37)33-20-21-34(36-16-8-7-15-35(33)36)32-24-30-18-17-27-14-9-23-43-38(27)39(30)45-26-32/h1-26H. The van der Waals surface area contributed by atoms with Gasteiger partial charge in [-0.3, -0.25) is 15.0 Å². The van der Waals surface area contributed by atoms with Crippen molar-refractivity contribution in [2.75, 3.05) is 0 Å². The monoisotopic (exact) mass is 614 g/mol. The van der Waals surface area contributed by atoms with Crippen molar-refractivity contribution < 1.29 is 0 Å². The van der Waals surface area contributed by atoms with Gasteiger partial charge in [-0.15, -0.1) is 0 Å². The molecular weight excluding hydrogens is 589 g/mol. The lowest BCUT2D eigenvalue weighted by atomic mass is 9.92. The highest BCUT2D eigenvalue weighted by Gasteiger charge is 2.15. The second kappa shape index (κ2) is 11.6. The largest absolute Gasteiger partial charge is 0.254 e. The number of fused-ring (bicyclic) bond motifs is 4. The third-order valence-corrected chi connectivity index (χ3v) is 8.66. The SMILES string of the molecule is c1ccc(-c2nc(-c3ccccc3)nc(-c3ccc(-c4ccc(-c5cnc6c(ccc7cccnc76)c5)c5ccccc45)cn3)n2)cc1. The molecule has 224 valence electrons. The lowest BCUT2D eigenvalue weighted by Crippen LogP contribution is -2.01. The number of hydrogen-bond donors (Lipinski definition) is 0. The van der Waals surface area contributed by atoms with Crippen molar-refractivity contribution >= 4 is 32.6 Å². The number of pyridine rings is 3. The minimum absolute atomic E-state index is 0.529. The third-order valence-electron chi connectivity index (χ3n) is 8.66. The molecule has 0 aliphatic carbocycles. The van der Waals surface area contributed by atoms with Gasteiger partial charge in [0.25, 0.3) is 0 Å². The fourth-order valence-corrected chi connectivity index (χ4v) is 6.29. The molecule has 0 fully saturated rings. The summed E-state index contributed by atoms with van der Waals surface area (Å²) in [5.74, 6) is 1.75. The van der Waals surface area contributed by atoms with Crippen molar-refractivity contribution in [3.63, 3.8) is 0 Å². The van der Waals surface area contributed by atoms with Gasteiger partial charge in [0.15, 0.2) is 17.5 Å². The summed E-state index contributed by atoms with van der Waals surface area (Å²) in [6.45, 7) is 0. The molecule has 0 atom stereocenters. The van der Waals surface area contributed by atoms with Gasteiger partial charge in [0.05, 0.1) is 11.0 Å². The zero-order valence-electron chi connectivity index (χ0n) is 25.7. The van der Waals surface area contributed by atoms with Crippen LogP contribution in [0.25, 0.3) is 89.1 Å². The van der Waals surface area contributed by atoms with E-state index in [1.807, 2.05) is 91.4 Å². The van der Waals surface area contributed by atoms with Gasteiger partial charge in [0.1, 0.15) is 5.69 Å². The lowest BCUT2D eigenvalue weighted by molar-refractivity contribution is 1.06. The van der Waals surface area contributed by atoms with Crippen LogP contribution in [0.5, 0.6) is 0 Å². The topological polar surface area (TPSA) is 77.3 Å². The van der Waals surface area contributed by atoms with Crippen LogP contribution < -0.4 is 0 Å². The quantitative estimate of drug-likeness (QED) is 0.180. The van der Waals surface area contributed by atoms with E-state index in [2.05, 4.69) is 71.7 Å². The molecule has 5 aromatic carbocycles. The van der Waals surface area contributed by atoms with Crippen molar-refractivity contribution in [3.8, 4) is 56.5 Å². The highest BCUT2D eigenvalue weighted by Crippen LogP contribution is 2.37. The summed E-state index contributed by atoms with van der Waals surface area (Å²) in [5, 5.41) is 4.44. The Morgan fingerprint density at radius 2 is 0.938 bits per heavy atom. The van der Waals surface area contributed by atoms with E-state index in [1.165, 1.54) is 0 Å². The Hall–Kier alpha value is -6.66. The van der Waals surface area contributed by atoms with Gasteiger partial charge in [-0.25, -0.2) is 15.0 Å². The summed E-state index contributed by atoms with van der Waals surface area (Å²) in [7, 11) is 0. The van der Waals surface area contributed by atoms with Crippen LogP contribution in [0.4, 0.5) is 0 Å². The Bertz CT molecular complexity index is 2550. The van der Waals surface area contributed by atoms with E-state index in [4.69, 9.17) is 24.9 Å². The normalized spacial score (nSPS) is 11.3. The van der Waals surface area contributed by atoms with Gasteiger partial charge >= 0.3 is 0 Å². The molecule has 0 bridgehead atoms. The zero-order valence-corrected chi connectivity index (χ0v) is 25.7. The molecule has 0 spiro atoms. The van der Waals surface area contributed by atoms with Crippen LogP contribution in [0.1, 0.15) is 0 Å². The van der Waals surface area contributed by atoms with Crippen LogP contribution in [0.15, 0.2) is 158 Å². The molecule has 0 amide bonds. The number of aromatic nitrogens is 6. The predicted molar refractivity (Wildman–Crippen MR) is 193 cm³/mol. The van der Waals surface area contributed by atoms with E-state index in [0.717, 1.165) is 66.0 Å². The number of rotatable bonds is 5. The van der Waals surface area contributed by atoms with Gasteiger partial charge in [0.2, 0.25) is 0 Å². The number of hydrogen-bond acceptors (Lipinski definition) is 6. The van der Waals surface area contributed by atoms with Crippen molar-refractivity contribution in [2.24, 2.45) is 0 Å². The number of benzene rings is 5. The molecule has 6 nitrogen and oxygen atoms in total. The molecule has 0 aliphatic heterocycles. The van der Waals surface area contributed by atoms with Gasteiger partial charge in [-0.1, -0.05) is 121 Å². The van der Waals surface area contributed by atoms with E-state index in [-0.39, 0.29) is 0 Å². The summed E-state index contributed by atoms with van der Waals surface area (Å²) in [6.07, 6.45) is 5.68. The first-order valence-corrected chi connectivity index (χ1v) is 15.8. The van der Waals surface area contributed by atoms with Crippen LogP contribution in [0, 0.1) is 0 Å². The first-order valence-electron chi connectivity index (χ1n) is 15.8. The molecule has 0 aliphatic rings.